The van der Waals surface area contributed by atoms with Gasteiger partial charge in [-0.15, -0.1) is 0 Å². The zero-order chi connectivity index (χ0) is 34.9. The molecule has 8 heteroatoms. The first-order valence-corrected chi connectivity index (χ1v) is 16.4. The van der Waals surface area contributed by atoms with E-state index in [-0.39, 0.29) is 36.9 Å². The SMILES string of the molecule is C=C/C=C\C=C(/C)N(C(=O)COc1ccc(Cl)cc1)C1CC(C)N(C(=O)Cc2ccc(OC)c(OC)c2)c2ccccc21.CC.CC. The number of carbonyl (C=O) groups is 2. The fourth-order valence-corrected chi connectivity index (χ4v) is 5.50. The summed E-state index contributed by atoms with van der Waals surface area (Å²) >= 11 is 6.00. The summed E-state index contributed by atoms with van der Waals surface area (Å²) in [5.41, 5.74) is 3.24. The smallest absolute Gasteiger partial charge is 0.265 e. The number of methoxy groups -OCH3 is 2. The van der Waals surface area contributed by atoms with E-state index < -0.39 is 0 Å². The van der Waals surface area contributed by atoms with Crippen LogP contribution >= 0.6 is 11.6 Å². The van der Waals surface area contributed by atoms with E-state index in [4.69, 9.17) is 25.8 Å². The van der Waals surface area contributed by atoms with Crippen LogP contribution in [-0.2, 0) is 16.0 Å². The van der Waals surface area contributed by atoms with Crippen molar-refractivity contribution in [1.82, 2.24) is 4.90 Å². The number of hydrogen-bond acceptors (Lipinski definition) is 5. The quantitative estimate of drug-likeness (QED) is 0.192. The van der Waals surface area contributed by atoms with E-state index in [0.717, 1.165) is 22.5 Å². The molecule has 1 aliphatic heterocycles. The van der Waals surface area contributed by atoms with Crippen molar-refractivity contribution in [3.05, 3.63) is 119 Å². The van der Waals surface area contributed by atoms with Crippen LogP contribution in [0.15, 0.2) is 103 Å². The molecule has 0 spiro atoms. The Morgan fingerprint density at radius 3 is 2.26 bits per heavy atom. The second-order valence-corrected chi connectivity index (χ2v) is 10.7. The Balaban J connectivity index is 0.00000185. The molecule has 7 nitrogen and oxygen atoms in total. The van der Waals surface area contributed by atoms with E-state index >= 15 is 0 Å². The summed E-state index contributed by atoms with van der Waals surface area (Å²) in [7, 11) is 3.15. The number of rotatable bonds is 11. The van der Waals surface area contributed by atoms with Crippen molar-refractivity contribution in [3.63, 3.8) is 0 Å². The third-order valence-corrected chi connectivity index (χ3v) is 7.61. The highest BCUT2D eigenvalue weighted by Gasteiger charge is 2.38. The predicted molar refractivity (Wildman–Crippen MR) is 194 cm³/mol. The average molecular weight is 661 g/mol. The van der Waals surface area contributed by atoms with Crippen LogP contribution in [0.2, 0.25) is 5.02 Å². The Bertz CT molecular complexity index is 1520. The van der Waals surface area contributed by atoms with Crippen molar-refractivity contribution in [2.75, 3.05) is 25.7 Å². The van der Waals surface area contributed by atoms with Crippen LogP contribution in [-0.4, -0.2) is 43.6 Å². The first-order chi connectivity index (χ1) is 22.8. The predicted octanol–water partition coefficient (Wildman–Crippen LogP) is 9.37. The molecule has 0 aromatic heterocycles. The molecule has 0 radical (unpaired) electrons. The van der Waals surface area contributed by atoms with Crippen molar-refractivity contribution < 1.29 is 23.8 Å². The highest BCUT2D eigenvalue weighted by atomic mass is 35.5. The first kappa shape index (κ1) is 38.7. The number of nitrogens with zero attached hydrogens (tertiary/aromatic N) is 2. The van der Waals surface area contributed by atoms with Gasteiger partial charge in [0, 0.05) is 22.4 Å². The van der Waals surface area contributed by atoms with E-state index in [2.05, 4.69) is 6.58 Å². The molecule has 2 unspecified atom stereocenters. The molecule has 1 aliphatic rings. The minimum atomic E-state index is -0.314. The number of carbonyl (C=O) groups excluding carboxylic acids is 2. The van der Waals surface area contributed by atoms with Gasteiger partial charge >= 0.3 is 0 Å². The van der Waals surface area contributed by atoms with Crippen LogP contribution in [0.3, 0.4) is 0 Å². The summed E-state index contributed by atoms with van der Waals surface area (Å²) in [4.78, 5) is 31.3. The molecule has 2 amide bonds. The lowest BCUT2D eigenvalue weighted by atomic mass is 9.89. The summed E-state index contributed by atoms with van der Waals surface area (Å²) in [6.07, 6.45) is 7.94. The Kier molecular flexibility index (Phi) is 16.4. The van der Waals surface area contributed by atoms with E-state index in [1.165, 1.54) is 0 Å². The number of para-hydroxylation sites is 1. The fourth-order valence-electron chi connectivity index (χ4n) is 5.37. The number of amides is 2. The van der Waals surface area contributed by atoms with Crippen molar-refractivity contribution in [2.45, 2.75) is 66.5 Å². The zero-order valence-corrected chi connectivity index (χ0v) is 29.7. The third-order valence-electron chi connectivity index (χ3n) is 7.35. The highest BCUT2D eigenvalue weighted by Crippen LogP contribution is 2.42. The van der Waals surface area contributed by atoms with Gasteiger partial charge < -0.3 is 24.0 Å². The normalized spacial score (nSPS) is 15.3. The van der Waals surface area contributed by atoms with Gasteiger partial charge in [0.05, 0.1) is 26.7 Å². The number of hydrogen-bond donors (Lipinski definition) is 0. The van der Waals surface area contributed by atoms with Crippen LogP contribution in [0.5, 0.6) is 17.2 Å². The van der Waals surface area contributed by atoms with Crippen molar-refractivity contribution in [1.29, 1.82) is 0 Å². The van der Waals surface area contributed by atoms with Crippen LogP contribution in [0, 0.1) is 0 Å². The maximum atomic E-state index is 13.8. The largest absolute Gasteiger partial charge is 0.493 e. The van der Waals surface area contributed by atoms with Gasteiger partial charge in [0.2, 0.25) is 5.91 Å². The average Bonchev–Trinajstić information content (AvgIpc) is 3.09. The van der Waals surface area contributed by atoms with E-state index in [0.29, 0.717) is 28.7 Å². The number of ether oxygens (including phenoxy) is 3. The molecule has 3 aromatic carbocycles. The molecule has 0 N–H and O–H groups in total. The van der Waals surface area contributed by atoms with Gasteiger partial charge in [0.15, 0.2) is 18.1 Å². The molecule has 0 bridgehead atoms. The van der Waals surface area contributed by atoms with Gasteiger partial charge in [0.25, 0.3) is 5.91 Å². The zero-order valence-electron chi connectivity index (χ0n) is 29.0. The molecule has 0 fully saturated rings. The number of fused-ring (bicyclic) bond motifs is 1. The van der Waals surface area contributed by atoms with Crippen LogP contribution < -0.4 is 19.1 Å². The minimum Gasteiger partial charge on any atom is -0.493 e. The monoisotopic (exact) mass is 660 g/mol. The molecular formula is C39H49ClN2O5. The second-order valence-electron chi connectivity index (χ2n) is 10.2. The summed E-state index contributed by atoms with van der Waals surface area (Å²) in [5.74, 6) is 1.48. The molecule has 0 saturated heterocycles. The van der Waals surface area contributed by atoms with Crippen LogP contribution in [0.25, 0.3) is 0 Å². The van der Waals surface area contributed by atoms with E-state index in [1.807, 2.05) is 101 Å². The molecule has 4 rings (SSSR count). The molecule has 0 saturated carbocycles. The maximum absolute atomic E-state index is 13.8. The number of anilines is 1. The van der Waals surface area contributed by atoms with Gasteiger partial charge in [-0.1, -0.05) is 88.4 Å². The summed E-state index contributed by atoms with van der Waals surface area (Å²) in [6.45, 7) is 15.5. The Hall–Kier alpha value is -4.49. The Morgan fingerprint density at radius 1 is 0.957 bits per heavy atom. The molecular weight excluding hydrogens is 612 g/mol. The third kappa shape index (κ3) is 10.2. The van der Waals surface area contributed by atoms with Crippen LogP contribution in [0.1, 0.15) is 65.1 Å². The second kappa shape index (κ2) is 19.9. The van der Waals surface area contributed by atoms with Crippen LogP contribution in [0.4, 0.5) is 5.69 Å². The Labute approximate surface area is 286 Å². The molecule has 252 valence electrons. The lowest BCUT2D eigenvalue weighted by Crippen LogP contribution is -2.48. The van der Waals surface area contributed by atoms with Crippen molar-refractivity contribution in [2.24, 2.45) is 0 Å². The lowest BCUT2D eigenvalue weighted by Gasteiger charge is -2.43. The molecule has 2 atom stereocenters. The minimum absolute atomic E-state index is 0.0456. The fraction of sp³-hybridized carbons (Fsp3) is 0.333. The molecule has 1 heterocycles. The highest BCUT2D eigenvalue weighted by molar-refractivity contribution is 6.30. The van der Waals surface area contributed by atoms with Gasteiger partial charge in [0.1, 0.15) is 5.75 Å². The Morgan fingerprint density at radius 2 is 1.62 bits per heavy atom. The van der Waals surface area contributed by atoms with E-state index in [1.54, 1.807) is 55.5 Å². The summed E-state index contributed by atoms with van der Waals surface area (Å²) < 4.78 is 16.6. The number of allylic oxidation sites excluding steroid dienone is 5. The number of benzene rings is 3. The van der Waals surface area contributed by atoms with Crippen molar-refractivity contribution in [3.8, 4) is 17.2 Å². The van der Waals surface area contributed by atoms with Gasteiger partial charge in [-0.05, 0) is 79.9 Å². The van der Waals surface area contributed by atoms with Crippen molar-refractivity contribution >= 4 is 29.1 Å². The summed E-state index contributed by atoms with van der Waals surface area (Å²) in [5, 5.41) is 0.589. The number of halogens is 1. The summed E-state index contributed by atoms with van der Waals surface area (Å²) in [6, 6.07) is 19.7. The molecule has 3 aromatic rings. The first-order valence-electron chi connectivity index (χ1n) is 16.1. The maximum Gasteiger partial charge on any atom is 0.265 e. The molecule has 47 heavy (non-hydrogen) atoms. The topological polar surface area (TPSA) is 68.3 Å². The molecule has 0 aliphatic carbocycles. The standard InChI is InChI=1S/C35H37ClN2O5.2C2H6/c1-6-7-8-11-24(2)37(35(40)23-43-28-17-15-27(36)16-18-28)31-20-25(3)38(30-13-10-9-12-29(30)31)34(39)22-26-14-19-32(41-4)33(21-26)42-5;2*1-2/h6-19,21,25,31H,1,20,22-23H2,2-5H3;2*1-2H3/b8-7-,24-11+;;. The van der Waals surface area contributed by atoms with Gasteiger partial charge in [-0.25, -0.2) is 0 Å². The van der Waals surface area contributed by atoms with Gasteiger partial charge in [-0.2, -0.15) is 0 Å². The van der Waals surface area contributed by atoms with E-state index in [9.17, 15) is 9.59 Å². The lowest BCUT2D eigenvalue weighted by molar-refractivity contribution is -0.133. The van der Waals surface area contributed by atoms with Gasteiger partial charge in [-0.3, -0.25) is 9.59 Å².